The highest BCUT2D eigenvalue weighted by atomic mass is 16.6. The summed E-state index contributed by atoms with van der Waals surface area (Å²) in [6.07, 6.45) is -1.81. The van der Waals surface area contributed by atoms with Crippen LogP contribution in [0.15, 0.2) is 18.2 Å². The van der Waals surface area contributed by atoms with Crippen molar-refractivity contribution in [2.45, 2.75) is 71.8 Å². The van der Waals surface area contributed by atoms with E-state index in [1.54, 1.807) is 66.9 Å². The summed E-state index contributed by atoms with van der Waals surface area (Å²) in [5, 5.41) is 5.42. The van der Waals surface area contributed by atoms with Crippen LogP contribution in [0.2, 0.25) is 0 Å². The third kappa shape index (κ3) is 8.60. The molecule has 0 aliphatic rings. The Morgan fingerprint density at radius 2 is 1.48 bits per heavy atom. The first-order chi connectivity index (χ1) is 13.3. The standard InChI is InChI=1S/C21H34N2O6/c1-13(17(27-9)23-19(25)29-21(5,6)7)15-12-14(10-11-16(15)26-8)22-18(24)28-20(2,3)4/h10-13,17H,1-9H3,(H,22,24)(H,23,25)/t13-,17-/m1/s1. The largest absolute Gasteiger partial charge is 0.496 e. The number of methoxy groups -OCH3 is 2. The highest BCUT2D eigenvalue weighted by Crippen LogP contribution is 2.32. The number of anilines is 1. The minimum atomic E-state index is -0.671. The molecule has 0 aliphatic carbocycles. The number of amides is 2. The predicted molar refractivity (Wildman–Crippen MR) is 111 cm³/mol. The molecule has 1 rings (SSSR count). The number of hydrogen-bond donors (Lipinski definition) is 2. The fraction of sp³-hybridized carbons (Fsp3) is 0.619. The van der Waals surface area contributed by atoms with E-state index in [2.05, 4.69) is 10.6 Å². The maximum absolute atomic E-state index is 12.1. The van der Waals surface area contributed by atoms with Crippen molar-refractivity contribution in [2.75, 3.05) is 19.5 Å². The Kier molecular flexibility index (Phi) is 8.32. The summed E-state index contributed by atoms with van der Waals surface area (Å²) < 4.78 is 21.5. The summed E-state index contributed by atoms with van der Waals surface area (Å²) in [7, 11) is 3.05. The van der Waals surface area contributed by atoms with E-state index in [0.29, 0.717) is 11.4 Å². The van der Waals surface area contributed by atoms with Crippen molar-refractivity contribution in [1.29, 1.82) is 0 Å². The Bertz CT molecular complexity index is 706. The lowest BCUT2D eigenvalue weighted by Gasteiger charge is -2.27. The molecule has 164 valence electrons. The lowest BCUT2D eigenvalue weighted by atomic mass is 9.97. The Hall–Kier alpha value is -2.48. The van der Waals surface area contributed by atoms with Crippen LogP contribution in [0.5, 0.6) is 5.75 Å². The molecule has 2 N–H and O–H groups in total. The summed E-state index contributed by atoms with van der Waals surface area (Å²) in [5.74, 6) is 0.295. The summed E-state index contributed by atoms with van der Waals surface area (Å²) >= 11 is 0. The van der Waals surface area contributed by atoms with E-state index in [-0.39, 0.29) is 5.92 Å². The monoisotopic (exact) mass is 410 g/mol. The molecule has 0 radical (unpaired) electrons. The number of nitrogens with one attached hydrogen (secondary N) is 2. The van der Waals surface area contributed by atoms with Gasteiger partial charge in [-0.2, -0.15) is 0 Å². The molecule has 0 saturated carbocycles. The molecule has 2 amide bonds. The van der Waals surface area contributed by atoms with E-state index in [1.807, 2.05) is 6.92 Å². The predicted octanol–water partition coefficient (Wildman–Crippen LogP) is 4.64. The van der Waals surface area contributed by atoms with Crippen LogP contribution in [0.25, 0.3) is 0 Å². The lowest BCUT2D eigenvalue weighted by Crippen LogP contribution is -2.42. The quantitative estimate of drug-likeness (QED) is 0.663. The SMILES string of the molecule is COc1ccc(NC(=O)OC(C)(C)C)cc1[C@@H](C)[C@H](NC(=O)OC(C)(C)C)OC. The van der Waals surface area contributed by atoms with Crippen LogP contribution in [0, 0.1) is 0 Å². The zero-order valence-electron chi connectivity index (χ0n) is 18.8. The lowest BCUT2D eigenvalue weighted by molar-refractivity contribution is 0.0165. The second kappa shape index (κ2) is 9.82. The van der Waals surface area contributed by atoms with Crippen molar-refractivity contribution in [3.63, 3.8) is 0 Å². The Labute approximate surface area is 173 Å². The third-order valence-electron chi connectivity index (χ3n) is 3.73. The van der Waals surface area contributed by atoms with Crippen LogP contribution < -0.4 is 15.4 Å². The van der Waals surface area contributed by atoms with Crippen LogP contribution in [-0.4, -0.2) is 43.8 Å². The van der Waals surface area contributed by atoms with Crippen LogP contribution in [0.1, 0.15) is 59.9 Å². The van der Waals surface area contributed by atoms with Gasteiger partial charge in [0, 0.05) is 24.3 Å². The fourth-order valence-electron chi connectivity index (χ4n) is 2.56. The minimum Gasteiger partial charge on any atom is -0.496 e. The molecule has 0 saturated heterocycles. The van der Waals surface area contributed by atoms with E-state index >= 15 is 0 Å². The molecule has 0 fully saturated rings. The first-order valence-corrected chi connectivity index (χ1v) is 9.46. The second-order valence-corrected chi connectivity index (χ2v) is 8.67. The number of carbonyl (C=O) groups excluding carboxylic acids is 2. The van der Waals surface area contributed by atoms with Gasteiger partial charge in [0.1, 0.15) is 23.2 Å². The number of ether oxygens (including phenoxy) is 4. The summed E-state index contributed by atoms with van der Waals surface area (Å²) in [4.78, 5) is 24.2. The molecule has 2 atom stereocenters. The zero-order valence-corrected chi connectivity index (χ0v) is 18.8. The van der Waals surface area contributed by atoms with Crippen molar-refractivity contribution < 1.29 is 28.5 Å². The number of hydrogen-bond acceptors (Lipinski definition) is 6. The second-order valence-electron chi connectivity index (χ2n) is 8.67. The van der Waals surface area contributed by atoms with Crippen molar-refractivity contribution in [2.24, 2.45) is 0 Å². The average molecular weight is 411 g/mol. The summed E-state index contributed by atoms with van der Waals surface area (Å²) in [6, 6.07) is 5.21. The molecule has 1 aromatic rings. The maximum atomic E-state index is 12.1. The first-order valence-electron chi connectivity index (χ1n) is 9.46. The van der Waals surface area contributed by atoms with Gasteiger partial charge in [-0.15, -0.1) is 0 Å². The molecular weight excluding hydrogens is 376 g/mol. The maximum Gasteiger partial charge on any atom is 0.412 e. The molecule has 8 heteroatoms. The van der Waals surface area contributed by atoms with Crippen molar-refractivity contribution in [3.8, 4) is 5.75 Å². The molecule has 1 aromatic carbocycles. The highest BCUT2D eigenvalue weighted by Gasteiger charge is 2.26. The summed E-state index contributed by atoms with van der Waals surface area (Å²) in [6.45, 7) is 12.6. The highest BCUT2D eigenvalue weighted by molar-refractivity contribution is 5.85. The molecule has 0 aromatic heterocycles. The van der Waals surface area contributed by atoms with Crippen LogP contribution in [-0.2, 0) is 14.2 Å². The molecule has 0 bridgehead atoms. The molecule has 0 aliphatic heterocycles. The van der Waals surface area contributed by atoms with Gasteiger partial charge >= 0.3 is 12.2 Å². The van der Waals surface area contributed by atoms with Gasteiger partial charge in [-0.05, 0) is 59.7 Å². The Balaban J connectivity index is 3.03. The first kappa shape index (κ1) is 24.6. The molecule has 0 spiro atoms. The van der Waals surface area contributed by atoms with Gasteiger partial charge in [0.05, 0.1) is 7.11 Å². The van der Waals surface area contributed by atoms with E-state index in [1.165, 1.54) is 7.11 Å². The average Bonchev–Trinajstić information content (AvgIpc) is 2.55. The van der Waals surface area contributed by atoms with E-state index in [0.717, 1.165) is 5.56 Å². The number of benzene rings is 1. The molecular formula is C21H34N2O6. The number of carbonyl (C=O) groups is 2. The summed E-state index contributed by atoms with van der Waals surface area (Å²) in [5.41, 5.74) is 0.0455. The van der Waals surface area contributed by atoms with Gasteiger partial charge < -0.3 is 18.9 Å². The third-order valence-corrected chi connectivity index (χ3v) is 3.73. The molecule has 0 unspecified atom stereocenters. The van der Waals surface area contributed by atoms with Gasteiger partial charge in [-0.1, -0.05) is 6.92 Å². The van der Waals surface area contributed by atoms with E-state index < -0.39 is 29.6 Å². The van der Waals surface area contributed by atoms with Gasteiger partial charge in [-0.25, -0.2) is 9.59 Å². The molecule has 8 nitrogen and oxygen atoms in total. The van der Waals surface area contributed by atoms with Gasteiger partial charge in [0.25, 0.3) is 0 Å². The van der Waals surface area contributed by atoms with Gasteiger partial charge in [0.15, 0.2) is 0 Å². The normalized spacial score (nSPS) is 13.8. The Morgan fingerprint density at radius 3 is 1.97 bits per heavy atom. The van der Waals surface area contributed by atoms with Crippen LogP contribution in [0.3, 0.4) is 0 Å². The number of alkyl carbamates (subject to hydrolysis) is 1. The van der Waals surface area contributed by atoms with Crippen LogP contribution >= 0.6 is 0 Å². The molecule has 29 heavy (non-hydrogen) atoms. The molecule has 0 heterocycles. The van der Waals surface area contributed by atoms with Crippen molar-refractivity contribution >= 4 is 17.9 Å². The Morgan fingerprint density at radius 1 is 0.931 bits per heavy atom. The van der Waals surface area contributed by atoms with Crippen molar-refractivity contribution in [1.82, 2.24) is 5.32 Å². The van der Waals surface area contributed by atoms with E-state index in [9.17, 15) is 9.59 Å². The fourth-order valence-corrected chi connectivity index (χ4v) is 2.56. The van der Waals surface area contributed by atoms with Gasteiger partial charge in [-0.3, -0.25) is 10.6 Å². The van der Waals surface area contributed by atoms with Gasteiger partial charge in [0.2, 0.25) is 0 Å². The van der Waals surface area contributed by atoms with E-state index in [4.69, 9.17) is 18.9 Å². The number of rotatable bonds is 6. The van der Waals surface area contributed by atoms with Crippen molar-refractivity contribution in [3.05, 3.63) is 23.8 Å². The van der Waals surface area contributed by atoms with Crippen LogP contribution in [0.4, 0.5) is 15.3 Å². The topological polar surface area (TPSA) is 95.1 Å². The smallest absolute Gasteiger partial charge is 0.412 e. The minimum absolute atomic E-state index is 0.303. The zero-order chi connectivity index (χ0) is 22.4.